The Morgan fingerprint density at radius 3 is 2.33 bits per heavy atom. The van der Waals surface area contributed by atoms with Crippen LogP contribution in [0.4, 0.5) is 8.78 Å². The summed E-state index contributed by atoms with van der Waals surface area (Å²) in [6.07, 6.45) is 0.0393. The van der Waals surface area contributed by atoms with Gasteiger partial charge in [0, 0.05) is 0 Å². The zero-order valence-corrected chi connectivity index (χ0v) is 5.71. The van der Waals surface area contributed by atoms with E-state index in [1.54, 1.807) is 0 Å². The second-order valence-corrected chi connectivity index (χ2v) is 2.08. The van der Waals surface area contributed by atoms with Gasteiger partial charge in [-0.25, -0.2) is 4.39 Å². The third-order valence-corrected chi connectivity index (χ3v) is 1.32. The van der Waals surface area contributed by atoms with Crippen molar-refractivity contribution in [2.75, 3.05) is 0 Å². The van der Waals surface area contributed by atoms with Crippen LogP contribution < -0.4 is 0 Å². The standard InChI is InChI=1S/C7H4F2O3/c8-5-3(2-10)1-4(11)7(12)6(5)9/h1-2,11-12H. The molecule has 1 rings (SSSR count). The van der Waals surface area contributed by atoms with E-state index < -0.39 is 28.7 Å². The first-order valence-electron chi connectivity index (χ1n) is 2.93. The van der Waals surface area contributed by atoms with Crippen molar-refractivity contribution in [3.63, 3.8) is 0 Å². The van der Waals surface area contributed by atoms with Gasteiger partial charge in [0.25, 0.3) is 0 Å². The molecule has 1 aromatic rings. The minimum atomic E-state index is -1.63. The molecule has 0 aromatic heterocycles. The molecule has 0 spiro atoms. The molecule has 0 aliphatic heterocycles. The highest BCUT2D eigenvalue weighted by Gasteiger charge is 2.16. The summed E-state index contributed by atoms with van der Waals surface area (Å²) in [5.74, 6) is -5.16. The van der Waals surface area contributed by atoms with Crippen molar-refractivity contribution in [3.8, 4) is 11.5 Å². The van der Waals surface area contributed by atoms with Gasteiger partial charge in [-0.05, 0) is 6.07 Å². The van der Waals surface area contributed by atoms with Crippen LogP contribution >= 0.6 is 0 Å². The van der Waals surface area contributed by atoms with Gasteiger partial charge in [0.05, 0.1) is 5.56 Å². The summed E-state index contributed by atoms with van der Waals surface area (Å²) in [6.45, 7) is 0. The van der Waals surface area contributed by atoms with E-state index >= 15 is 0 Å². The molecule has 5 heteroatoms. The average molecular weight is 174 g/mol. The Hall–Kier alpha value is -1.65. The Morgan fingerprint density at radius 2 is 1.83 bits per heavy atom. The summed E-state index contributed by atoms with van der Waals surface area (Å²) in [4.78, 5) is 10.0. The van der Waals surface area contributed by atoms with Crippen LogP contribution in [0.5, 0.6) is 11.5 Å². The van der Waals surface area contributed by atoms with Crippen molar-refractivity contribution in [1.82, 2.24) is 0 Å². The molecule has 3 nitrogen and oxygen atoms in total. The Morgan fingerprint density at radius 1 is 1.25 bits per heavy atom. The summed E-state index contributed by atoms with van der Waals surface area (Å²) >= 11 is 0. The van der Waals surface area contributed by atoms with Crippen LogP contribution in [0.25, 0.3) is 0 Å². The molecule has 0 aliphatic rings. The van der Waals surface area contributed by atoms with Gasteiger partial charge in [0.1, 0.15) is 0 Å². The summed E-state index contributed by atoms with van der Waals surface area (Å²) in [5, 5.41) is 17.3. The van der Waals surface area contributed by atoms with Gasteiger partial charge < -0.3 is 10.2 Å². The van der Waals surface area contributed by atoms with E-state index in [0.717, 1.165) is 0 Å². The van der Waals surface area contributed by atoms with Gasteiger partial charge in [-0.15, -0.1) is 0 Å². The van der Waals surface area contributed by atoms with Gasteiger partial charge >= 0.3 is 0 Å². The topological polar surface area (TPSA) is 57.5 Å². The van der Waals surface area contributed by atoms with Crippen molar-refractivity contribution >= 4 is 6.29 Å². The predicted molar refractivity (Wildman–Crippen MR) is 35.1 cm³/mol. The van der Waals surface area contributed by atoms with Crippen molar-refractivity contribution in [1.29, 1.82) is 0 Å². The predicted octanol–water partition coefficient (Wildman–Crippen LogP) is 1.19. The molecule has 12 heavy (non-hydrogen) atoms. The van der Waals surface area contributed by atoms with E-state index in [0.29, 0.717) is 6.07 Å². The Balaban J connectivity index is 3.49. The van der Waals surface area contributed by atoms with Gasteiger partial charge in [-0.3, -0.25) is 4.79 Å². The minimum Gasteiger partial charge on any atom is -0.504 e. The number of rotatable bonds is 1. The number of aromatic hydroxyl groups is 2. The maximum Gasteiger partial charge on any atom is 0.205 e. The lowest BCUT2D eigenvalue weighted by atomic mass is 10.2. The first-order chi connectivity index (χ1) is 5.57. The fourth-order valence-electron chi connectivity index (χ4n) is 0.708. The van der Waals surface area contributed by atoms with Crippen LogP contribution in [0.2, 0.25) is 0 Å². The van der Waals surface area contributed by atoms with Crippen LogP contribution in [0.15, 0.2) is 6.07 Å². The second-order valence-electron chi connectivity index (χ2n) is 2.08. The lowest BCUT2D eigenvalue weighted by Crippen LogP contribution is -1.92. The number of carbonyl (C=O) groups is 1. The number of carbonyl (C=O) groups excluding carboxylic acids is 1. The van der Waals surface area contributed by atoms with Crippen LogP contribution in [-0.2, 0) is 0 Å². The summed E-state index contributed by atoms with van der Waals surface area (Å²) in [5.41, 5.74) is -0.636. The Bertz CT molecular complexity index is 336. The molecule has 0 bridgehead atoms. The van der Waals surface area contributed by atoms with Crippen LogP contribution in [-0.4, -0.2) is 16.5 Å². The van der Waals surface area contributed by atoms with E-state index in [1.807, 2.05) is 0 Å². The second kappa shape index (κ2) is 2.77. The molecule has 0 unspecified atom stereocenters. The van der Waals surface area contributed by atoms with Crippen molar-refractivity contribution < 1.29 is 23.8 Å². The summed E-state index contributed by atoms with van der Waals surface area (Å²) in [6, 6.07) is 0.640. The van der Waals surface area contributed by atoms with Crippen molar-refractivity contribution in [2.24, 2.45) is 0 Å². The third kappa shape index (κ3) is 1.09. The minimum absolute atomic E-state index is 0.0393. The smallest absolute Gasteiger partial charge is 0.205 e. The summed E-state index contributed by atoms with van der Waals surface area (Å²) in [7, 11) is 0. The normalized spacial score (nSPS) is 9.83. The zero-order valence-electron chi connectivity index (χ0n) is 5.71. The highest BCUT2D eigenvalue weighted by molar-refractivity contribution is 5.76. The van der Waals surface area contributed by atoms with Crippen LogP contribution in [0.1, 0.15) is 10.4 Å². The SMILES string of the molecule is O=Cc1cc(O)c(O)c(F)c1F. The lowest BCUT2D eigenvalue weighted by molar-refractivity contribution is 0.111. The Labute approximate surface area is 65.9 Å². The van der Waals surface area contributed by atoms with Gasteiger partial charge in [-0.2, -0.15) is 4.39 Å². The number of benzene rings is 1. The lowest BCUT2D eigenvalue weighted by Gasteiger charge is -2.01. The zero-order chi connectivity index (χ0) is 9.30. The number of halogens is 2. The number of hydrogen-bond donors (Lipinski definition) is 2. The van der Waals surface area contributed by atoms with Crippen molar-refractivity contribution in [2.45, 2.75) is 0 Å². The molecule has 0 atom stereocenters. The van der Waals surface area contributed by atoms with E-state index in [2.05, 4.69) is 0 Å². The Kier molecular flexibility index (Phi) is 1.95. The van der Waals surface area contributed by atoms with Crippen molar-refractivity contribution in [3.05, 3.63) is 23.3 Å². The summed E-state index contributed by atoms with van der Waals surface area (Å²) < 4.78 is 25.1. The highest BCUT2D eigenvalue weighted by atomic mass is 19.2. The molecule has 0 fully saturated rings. The van der Waals surface area contributed by atoms with E-state index in [9.17, 15) is 13.6 Å². The molecule has 1 aromatic carbocycles. The van der Waals surface area contributed by atoms with Gasteiger partial charge in [-0.1, -0.05) is 0 Å². The quantitative estimate of drug-likeness (QED) is 0.496. The van der Waals surface area contributed by atoms with E-state index in [4.69, 9.17) is 10.2 Å². The van der Waals surface area contributed by atoms with Crippen LogP contribution in [0.3, 0.4) is 0 Å². The van der Waals surface area contributed by atoms with Gasteiger partial charge in [0.15, 0.2) is 23.6 Å². The van der Waals surface area contributed by atoms with E-state index in [1.165, 1.54) is 0 Å². The fourth-order valence-corrected chi connectivity index (χ4v) is 0.708. The number of hydrogen-bond acceptors (Lipinski definition) is 3. The largest absolute Gasteiger partial charge is 0.504 e. The van der Waals surface area contributed by atoms with E-state index in [-0.39, 0.29) is 6.29 Å². The molecule has 2 N–H and O–H groups in total. The molecule has 0 saturated heterocycles. The number of aldehydes is 1. The monoisotopic (exact) mass is 174 g/mol. The molecule has 0 amide bonds. The average Bonchev–Trinajstić information content (AvgIpc) is 2.08. The molecule has 64 valence electrons. The highest BCUT2D eigenvalue weighted by Crippen LogP contribution is 2.30. The molecule has 0 radical (unpaired) electrons. The molecule has 0 aliphatic carbocycles. The van der Waals surface area contributed by atoms with Gasteiger partial charge in [0.2, 0.25) is 5.82 Å². The molecular weight excluding hydrogens is 170 g/mol. The first kappa shape index (κ1) is 8.45. The first-order valence-corrected chi connectivity index (χ1v) is 2.93. The maximum atomic E-state index is 12.6. The van der Waals surface area contributed by atoms with Crippen LogP contribution in [0, 0.1) is 11.6 Å². The molecule has 0 saturated carbocycles. The number of phenols is 2. The third-order valence-electron chi connectivity index (χ3n) is 1.32. The number of phenolic OH excluding ortho intramolecular Hbond substituents is 2. The molecule has 0 heterocycles. The fraction of sp³-hybridized carbons (Fsp3) is 0. The maximum absolute atomic E-state index is 12.6. The molecular formula is C7H4F2O3.